The Morgan fingerprint density at radius 3 is 2.53 bits per heavy atom. The van der Waals surface area contributed by atoms with Crippen LogP contribution in [0.4, 0.5) is 0 Å². The van der Waals surface area contributed by atoms with Crippen molar-refractivity contribution in [3.05, 3.63) is 42.4 Å². The summed E-state index contributed by atoms with van der Waals surface area (Å²) in [6.45, 7) is 4.28. The van der Waals surface area contributed by atoms with E-state index in [4.69, 9.17) is 0 Å². The smallest absolute Gasteiger partial charge is 0.114 e. The molecule has 0 fully saturated rings. The average Bonchev–Trinajstić information content (AvgIpc) is 2.91. The molecule has 0 aromatic carbocycles. The van der Waals surface area contributed by atoms with E-state index in [1.165, 1.54) is 5.92 Å². The number of H-pyrrole nitrogens is 2. The first-order chi connectivity index (χ1) is 7.33. The number of nitrogens with zero attached hydrogens (tertiary/aromatic N) is 2. The maximum absolute atomic E-state index is 4.28. The SMILES string of the molecule is CC[C](c1ncc[nH]1)C(C)c1ncc[nH]1. The van der Waals surface area contributed by atoms with Gasteiger partial charge < -0.3 is 9.97 Å². The molecule has 2 aromatic heterocycles. The van der Waals surface area contributed by atoms with Crippen LogP contribution in [0.5, 0.6) is 0 Å². The summed E-state index contributed by atoms with van der Waals surface area (Å²) in [5, 5.41) is 0. The second-order valence-electron chi connectivity index (χ2n) is 3.51. The van der Waals surface area contributed by atoms with Gasteiger partial charge in [-0.25, -0.2) is 9.97 Å². The van der Waals surface area contributed by atoms with E-state index in [1.807, 2.05) is 12.4 Å². The molecule has 0 saturated heterocycles. The molecular formula is C11H15N4. The molecule has 0 aliphatic carbocycles. The molecule has 15 heavy (non-hydrogen) atoms. The minimum atomic E-state index is 0.274. The summed E-state index contributed by atoms with van der Waals surface area (Å²) < 4.78 is 0. The highest BCUT2D eigenvalue weighted by molar-refractivity contribution is 5.24. The lowest BCUT2D eigenvalue weighted by Crippen LogP contribution is -2.11. The monoisotopic (exact) mass is 203 g/mol. The van der Waals surface area contributed by atoms with Crippen LogP contribution in [0.15, 0.2) is 24.8 Å². The van der Waals surface area contributed by atoms with Crippen LogP contribution in [0.3, 0.4) is 0 Å². The van der Waals surface area contributed by atoms with Gasteiger partial charge in [0.05, 0.1) is 5.92 Å². The van der Waals surface area contributed by atoms with Crippen LogP contribution in [0, 0.1) is 5.92 Å². The van der Waals surface area contributed by atoms with Crippen LogP contribution in [0.25, 0.3) is 0 Å². The van der Waals surface area contributed by atoms with Crippen LogP contribution < -0.4 is 0 Å². The van der Waals surface area contributed by atoms with Crippen molar-refractivity contribution in [3.63, 3.8) is 0 Å². The molecule has 0 spiro atoms. The topological polar surface area (TPSA) is 57.4 Å². The molecule has 1 unspecified atom stereocenters. The predicted molar refractivity (Wildman–Crippen MR) is 58.2 cm³/mol. The summed E-state index contributed by atoms with van der Waals surface area (Å²) in [4.78, 5) is 14.8. The highest BCUT2D eigenvalue weighted by Gasteiger charge is 2.23. The van der Waals surface area contributed by atoms with Crippen LogP contribution in [0.1, 0.15) is 37.8 Å². The summed E-state index contributed by atoms with van der Waals surface area (Å²) >= 11 is 0. The van der Waals surface area contributed by atoms with Crippen molar-refractivity contribution in [3.8, 4) is 0 Å². The fourth-order valence-electron chi connectivity index (χ4n) is 1.80. The van der Waals surface area contributed by atoms with Crippen LogP contribution in [-0.2, 0) is 0 Å². The van der Waals surface area contributed by atoms with Crippen molar-refractivity contribution in [2.24, 2.45) is 0 Å². The molecule has 4 nitrogen and oxygen atoms in total. The lowest BCUT2D eigenvalue weighted by molar-refractivity contribution is 0.679. The Kier molecular flexibility index (Phi) is 2.85. The third-order valence-electron chi connectivity index (χ3n) is 2.64. The van der Waals surface area contributed by atoms with Gasteiger partial charge in [0.1, 0.15) is 11.6 Å². The largest absolute Gasteiger partial charge is 0.348 e. The summed E-state index contributed by atoms with van der Waals surface area (Å²) in [6, 6.07) is 0. The Labute approximate surface area is 89.2 Å². The van der Waals surface area contributed by atoms with Crippen molar-refractivity contribution in [2.75, 3.05) is 0 Å². The Morgan fingerprint density at radius 1 is 1.27 bits per heavy atom. The molecule has 79 valence electrons. The predicted octanol–water partition coefficient (Wildman–Crippen LogP) is 2.27. The van der Waals surface area contributed by atoms with Gasteiger partial charge in [-0.3, -0.25) is 0 Å². The minimum Gasteiger partial charge on any atom is -0.348 e. The van der Waals surface area contributed by atoms with Crippen LogP contribution >= 0.6 is 0 Å². The van der Waals surface area contributed by atoms with E-state index in [-0.39, 0.29) is 5.92 Å². The van der Waals surface area contributed by atoms with E-state index < -0.39 is 0 Å². The summed E-state index contributed by atoms with van der Waals surface area (Å²) in [5.41, 5.74) is 0. The molecule has 2 heterocycles. The van der Waals surface area contributed by atoms with Crippen LogP contribution in [-0.4, -0.2) is 19.9 Å². The normalized spacial score (nSPS) is 13.3. The third-order valence-corrected chi connectivity index (χ3v) is 2.64. The molecule has 0 bridgehead atoms. The molecule has 2 aromatic rings. The number of hydrogen-bond acceptors (Lipinski definition) is 2. The van der Waals surface area contributed by atoms with Gasteiger partial charge in [0, 0.05) is 30.7 Å². The van der Waals surface area contributed by atoms with Gasteiger partial charge in [-0.2, -0.15) is 0 Å². The van der Waals surface area contributed by atoms with Crippen molar-refractivity contribution < 1.29 is 0 Å². The number of nitrogens with one attached hydrogen (secondary N) is 2. The van der Waals surface area contributed by atoms with Gasteiger partial charge in [0.25, 0.3) is 0 Å². The Bertz CT molecular complexity index is 377. The van der Waals surface area contributed by atoms with E-state index in [1.54, 1.807) is 12.4 Å². The summed E-state index contributed by atoms with van der Waals surface area (Å²) in [7, 11) is 0. The number of rotatable bonds is 4. The maximum atomic E-state index is 4.28. The molecule has 1 radical (unpaired) electrons. The van der Waals surface area contributed by atoms with Gasteiger partial charge in [-0.1, -0.05) is 13.8 Å². The lowest BCUT2D eigenvalue weighted by Gasteiger charge is -2.17. The zero-order chi connectivity index (χ0) is 10.7. The Balaban J connectivity index is 2.21. The molecule has 0 amide bonds. The van der Waals surface area contributed by atoms with Gasteiger partial charge in [0.2, 0.25) is 0 Å². The van der Waals surface area contributed by atoms with Gasteiger partial charge in [-0.05, 0) is 6.42 Å². The first-order valence-electron chi connectivity index (χ1n) is 5.17. The second kappa shape index (κ2) is 4.29. The number of hydrogen-bond donors (Lipinski definition) is 2. The molecule has 0 aliphatic rings. The van der Waals surface area contributed by atoms with E-state index in [9.17, 15) is 0 Å². The van der Waals surface area contributed by atoms with Gasteiger partial charge in [-0.15, -0.1) is 0 Å². The second-order valence-corrected chi connectivity index (χ2v) is 3.51. The molecule has 0 aliphatic heterocycles. The highest BCUT2D eigenvalue weighted by Crippen LogP contribution is 2.30. The first kappa shape index (κ1) is 9.96. The Morgan fingerprint density at radius 2 is 2.00 bits per heavy atom. The molecule has 2 rings (SSSR count). The molecule has 2 N–H and O–H groups in total. The number of aromatic amines is 2. The fraction of sp³-hybridized carbons (Fsp3) is 0.364. The van der Waals surface area contributed by atoms with Crippen molar-refractivity contribution in [2.45, 2.75) is 26.2 Å². The molecular weight excluding hydrogens is 188 g/mol. The van der Waals surface area contributed by atoms with Gasteiger partial charge >= 0.3 is 0 Å². The van der Waals surface area contributed by atoms with E-state index in [2.05, 4.69) is 33.8 Å². The zero-order valence-corrected chi connectivity index (χ0v) is 8.99. The average molecular weight is 203 g/mol. The van der Waals surface area contributed by atoms with E-state index >= 15 is 0 Å². The zero-order valence-electron chi connectivity index (χ0n) is 8.99. The highest BCUT2D eigenvalue weighted by atomic mass is 14.9. The number of aromatic nitrogens is 4. The molecule has 4 heteroatoms. The number of imidazole rings is 2. The minimum absolute atomic E-state index is 0.274. The lowest BCUT2D eigenvalue weighted by atomic mass is 9.90. The first-order valence-corrected chi connectivity index (χ1v) is 5.17. The van der Waals surface area contributed by atoms with Gasteiger partial charge in [0.15, 0.2) is 0 Å². The molecule has 1 atom stereocenters. The van der Waals surface area contributed by atoms with Crippen molar-refractivity contribution >= 4 is 0 Å². The maximum Gasteiger partial charge on any atom is 0.114 e. The third kappa shape index (κ3) is 1.93. The quantitative estimate of drug-likeness (QED) is 0.800. The van der Waals surface area contributed by atoms with Crippen LogP contribution in [0.2, 0.25) is 0 Å². The fourth-order valence-corrected chi connectivity index (χ4v) is 1.80. The Hall–Kier alpha value is -1.58. The summed E-state index contributed by atoms with van der Waals surface area (Å²) in [5.74, 6) is 3.50. The van der Waals surface area contributed by atoms with Crippen molar-refractivity contribution in [1.29, 1.82) is 0 Å². The standard InChI is InChI=1S/C11H15N4/c1-3-9(11-14-6-7-15-11)8(2)10-12-4-5-13-10/h4-8H,3H2,1-2H3,(H,12,13)(H,14,15). The van der Waals surface area contributed by atoms with E-state index in [0.29, 0.717) is 0 Å². The summed E-state index contributed by atoms with van der Waals surface area (Å²) in [6.07, 6.45) is 8.22. The molecule has 0 saturated carbocycles. The van der Waals surface area contributed by atoms with E-state index in [0.717, 1.165) is 18.1 Å². The van der Waals surface area contributed by atoms with Crippen molar-refractivity contribution in [1.82, 2.24) is 19.9 Å².